The van der Waals surface area contributed by atoms with Crippen LogP contribution in [0.2, 0.25) is 0 Å². The molecule has 2 amide bonds. The molecule has 0 radical (unpaired) electrons. The van der Waals surface area contributed by atoms with Crippen molar-refractivity contribution in [3.05, 3.63) is 72.1 Å². The molecule has 0 aliphatic carbocycles. The van der Waals surface area contributed by atoms with E-state index in [1.54, 1.807) is 0 Å². The minimum absolute atomic E-state index is 0.143. The summed E-state index contributed by atoms with van der Waals surface area (Å²) in [5, 5.41) is 10.2. The molecule has 7 heteroatoms. The molecular formula is C21H22N4O3. The van der Waals surface area contributed by atoms with Crippen LogP contribution in [0.4, 0.5) is 4.79 Å². The summed E-state index contributed by atoms with van der Waals surface area (Å²) < 4.78 is 12.5. The number of aromatic nitrogens is 2. The minimum Gasteiger partial charge on any atom is -0.454 e. The van der Waals surface area contributed by atoms with E-state index in [0.29, 0.717) is 18.7 Å². The van der Waals surface area contributed by atoms with E-state index in [1.165, 1.54) is 0 Å². The molecule has 7 nitrogen and oxygen atoms in total. The van der Waals surface area contributed by atoms with E-state index in [-0.39, 0.29) is 18.9 Å². The summed E-state index contributed by atoms with van der Waals surface area (Å²) in [6.45, 7) is 2.70. The summed E-state index contributed by atoms with van der Waals surface area (Å²) >= 11 is 0. The molecule has 2 heterocycles. The largest absolute Gasteiger partial charge is 0.454 e. The van der Waals surface area contributed by atoms with E-state index in [1.807, 2.05) is 72.5 Å². The normalized spacial score (nSPS) is 13.2. The van der Waals surface area contributed by atoms with Crippen molar-refractivity contribution in [1.82, 2.24) is 20.4 Å². The van der Waals surface area contributed by atoms with Crippen molar-refractivity contribution in [2.75, 3.05) is 13.3 Å². The Balaban J connectivity index is 1.25. The summed E-state index contributed by atoms with van der Waals surface area (Å²) in [4.78, 5) is 12.2. The van der Waals surface area contributed by atoms with Crippen molar-refractivity contribution >= 4 is 6.03 Å². The van der Waals surface area contributed by atoms with Crippen molar-refractivity contribution in [3.63, 3.8) is 0 Å². The summed E-state index contributed by atoms with van der Waals surface area (Å²) in [5.41, 5.74) is 3.04. The number of benzene rings is 2. The smallest absolute Gasteiger partial charge is 0.315 e. The number of hydrogen-bond donors (Lipinski definition) is 2. The van der Waals surface area contributed by atoms with Crippen LogP contribution in [-0.4, -0.2) is 29.1 Å². The fourth-order valence-corrected chi connectivity index (χ4v) is 3.04. The molecule has 1 atom stereocenters. The molecule has 1 aliphatic heterocycles. The van der Waals surface area contributed by atoms with Crippen LogP contribution in [0.25, 0.3) is 5.69 Å². The zero-order valence-electron chi connectivity index (χ0n) is 15.6. The predicted octanol–water partition coefficient (Wildman–Crippen LogP) is 3.20. The van der Waals surface area contributed by atoms with Gasteiger partial charge in [0.2, 0.25) is 6.79 Å². The molecule has 4 rings (SSSR count). The highest BCUT2D eigenvalue weighted by Gasteiger charge is 2.16. The Morgan fingerprint density at radius 3 is 2.86 bits per heavy atom. The first-order valence-electron chi connectivity index (χ1n) is 9.22. The quantitative estimate of drug-likeness (QED) is 0.691. The highest BCUT2D eigenvalue weighted by Crippen LogP contribution is 2.34. The number of hydrogen-bond acceptors (Lipinski definition) is 4. The van der Waals surface area contributed by atoms with Gasteiger partial charge in [0.05, 0.1) is 17.9 Å². The van der Waals surface area contributed by atoms with Crippen LogP contribution < -0.4 is 20.1 Å². The van der Waals surface area contributed by atoms with Crippen LogP contribution in [-0.2, 0) is 6.42 Å². The Morgan fingerprint density at radius 1 is 1.18 bits per heavy atom. The van der Waals surface area contributed by atoms with Crippen molar-refractivity contribution in [2.45, 2.75) is 19.4 Å². The van der Waals surface area contributed by atoms with Gasteiger partial charge >= 0.3 is 6.03 Å². The number of nitrogens with one attached hydrogen (secondary N) is 2. The number of carbonyl (C=O) groups is 1. The van der Waals surface area contributed by atoms with Gasteiger partial charge in [-0.2, -0.15) is 5.10 Å². The van der Waals surface area contributed by atoms with E-state index < -0.39 is 0 Å². The number of para-hydroxylation sites is 1. The molecule has 2 N–H and O–H groups in total. The highest BCUT2D eigenvalue weighted by atomic mass is 16.7. The topological polar surface area (TPSA) is 77.4 Å². The lowest BCUT2D eigenvalue weighted by atomic mass is 10.1. The number of ether oxygens (including phenoxy) is 2. The van der Waals surface area contributed by atoms with Gasteiger partial charge < -0.3 is 20.1 Å². The van der Waals surface area contributed by atoms with Crippen molar-refractivity contribution in [1.29, 1.82) is 0 Å². The van der Waals surface area contributed by atoms with Crippen molar-refractivity contribution in [2.24, 2.45) is 0 Å². The molecule has 1 aromatic heterocycles. The molecule has 2 aromatic carbocycles. The lowest BCUT2D eigenvalue weighted by molar-refractivity contribution is 0.174. The Labute approximate surface area is 163 Å². The molecule has 0 fully saturated rings. The Morgan fingerprint density at radius 2 is 2.00 bits per heavy atom. The number of nitrogens with zero attached hydrogens (tertiary/aromatic N) is 2. The van der Waals surface area contributed by atoms with Crippen LogP contribution in [0.1, 0.15) is 24.1 Å². The molecule has 1 unspecified atom stereocenters. The van der Waals surface area contributed by atoms with Gasteiger partial charge in [0.1, 0.15) is 0 Å². The molecule has 0 spiro atoms. The molecule has 0 saturated heterocycles. The van der Waals surface area contributed by atoms with Gasteiger partial charge in [-0.15, -0.1) is 0 Å². The van der Waals surface area contributed by atoms with Crippen molar-refractivity contribution < 1.29 is 14.3 Å². The number of fused-ring (bicyclic) bond motifs is 1. The lowest BCUT2D eigenvalue weighted by Crippen LogP contribution is -2.38. The molecule has 0 saturated carbocycles. The van der Waals surface area contributed by atoms with Gasteiger partial charge in [0.15, 0.2) is 11.5 Å². The third-order valence-electron chi connectivity index (χ3n) is 4.60. The second-order valence-corrected chi connectivity index (χ2v) is 6.61. The lowest BCUT2D eigenvalue weighted by Gasteiger charge is -2.15. The minimum atomic E-state index is -0.208. The van der Waals surface area contributed by atoms with E-state index in [0.717, 1.165) is 22.6 Å². The monoisotopic (exact) mass is 378 g/mol. The van der Waals surface area contributed by atoms with Gasteiger partial charge in [-0.3, -0.25) is 0 Å². The van der Waals surface area contributed by atoms with Gasteiger partial charge in [-0.1, -0.05) is 24.3 Å². The fraction of sp³-hybridized carbons (Fsp3) is 0.238. The van der Waals surface area contributed by atoms with Gasteiger partial charge in [0.25, 0.3) is 0 Å². The maximum Gasteiger partial charge on any atom is 0.315 e. The standard InChI is InChI=1S/C21H22N4O3/c1-15(17-7-8-19-20(11-17)28-14-27-19)24-21(26)22-10-9-16-12-23-25(13-16)18-5-3-2-4-6-18/h2-8,11-13,15H,9-10,14H2,1H3,(H2,22,24,26). The maximum absolute atomic E-state index is 12.2. The fourth-order valence-electron chi connectivity index (χ4n) is 3.04. The van der Waals surface area contributed by atoms with Crippen LogP contribution in [0, 0.1) is 0 Å². The molecule has 0 bridgehead atoms. The summed E-state index contributed by atoms with van der Waals surface area (Å²) in [6.07, 6.45) is 4.50. The predicted molar refractivity (Wildman–Crippen MR) is 105 cm³/mol. The number of carbonyl (C=O) groups excluding carboxylic acids is 1. The summed E-state index contributed by atoms with van der Waals surface area (Å²) in [5.74, 6) is 1.44. The van der Waals surface area contributed by atoms with E-state index in [2.05, 4.69) is 15.7 Å². The Bertz CT molecular complexity index is 955. The number of amides is 2. The average molecular weight is 378 g/mol. The maximum atomic E-state index is 12.2. The second-order valence-electron chi connectivity index (χ2n) is 6.61. The molecule has 1 aliphatic rings. The van der Waals surface area contributed by atoms with Gasteiger partial charge in [0, 0.05) is 12.7 Å². The summed E-state index contributed by atoms with van der Waals surface area (Å²) in [7, 11) is 0. The van der Waals surface area contributed by atoms with Gasteiger partial charge in [-0.05, 0) is 48.7 Å². The van der Waals surface area contributed by atoms with Crippen LogP contribution in [0.3, 0.4) is 0 Å². The SMILES string of the molecule is CC(NC(=O)NCCc1cnn(-c2ccccc2)c1)c1ccc2c(c1)OCO2. The molecular weight excluding hydrogens is 356 g/mol. The first kappa shape index (κ1) is 17.9. The zero-order chi connectivity index (χ0) is 19.3. The van der Waals surface area contributed by atoms with E-state index >= 15 is 0 Å². The summed E-state index contributed by atoms with van der Waals surface area (Å²) in [6, 6.07) is 15.3. The molecule has 3 aromatic rings. The van der Waals surface area contributed by atoms with Crippen molar-refractivity contribution in [3.8, 4) is 17.2 Å². The van der Waals surface area contributed by atoms with Crippen LogP contribution >= 0.6 is 0 Å². The zero-order valence-corrected chi connectivity index (χ0v) is 15.6. The highest BCUT2D eigenvalue weighted by molar-refractivity contribution is 5.74. The third kappa shape index (κ3) is 4.09. The average Bonchev–Trinajstić information content (AvgIpc) is 3.37. The van der Waals surface area contributed by atoms with Gasteiger partial charge in [-0.25, -0.2) is 9.48 Å². The second kappa shape index (κ2) is 8.04. The van der Waals surface area contributed by atoms with Crippen LogP contribution in [0.15, 0.2) is 60.9 Å². The molecule has 28 heavy (non-hydrogen) atoms. The number of urea groups is 1. The van der Waals surface area contributed by atoms with Crippen LogP contribution in [0.5, 0.6) is 11.5 Å². The number of rotatable bonds is 6. The first-order valence-corrected chi connectivity index (χ1v) is 9.22. The third-order valence-corrected chi connectivity index (χ3v) is 4.60. The Kier molecular flexibility index (Phi) is 5.14. The van der Waals surface area contributed by atoms with E-state index in [9.17, 15) is 4.79 Å². The Hall–Kier alpha value is -3.48. The first-order chi connectivity index (χ1) is 13.7. The molecule has 144 valence electrons. The van der Waals surface area contributed by atoms with E-state index in [4.69, 9.17) is 9.47 Å².